The van der Waals surface area contributed by atoms with Crippen molar-refractivity contribution in [2.24, 2.45) is 11.8 Å². The summed E-state index contributed by atoms with van der Waals surface area (Å²) in [5, 5.41) is 0. The minimum Gasteiger partial charge on any atom is -0.425 e. The normalized spacial score (nSPS) is 40.0. The average molecular weight is 234 g/mol. The van der Waals surface area contributed by atoms with Crippen molar-refractivity contribution in [2.45, 2.75) is 38.4 Å². The first-order valence-electron chi connectivity index (χ1n) is 6.33. The monoisotopic (exact) mass is 234 g/mol. The van der Waals surface area contributed by atoms with Gasteiger partial charge in [0, 0.05) is 24.7 Å². The minimum absolute atomic E-state index is 0.182. The Hall–Kier alpha value is -1.09. The summed E-state index contributed by atoms with van der Waals surface area (Å²) in [5.74, 6) is -0.193. The summed E-state index contributed by atoms with van der Waals surface area (Å²) in [5.41, 5.74) is 2.46. The molecule has 0 N–H and O–H groups in total. The van der Waals surface area contributed by atoms with Crippen molar-refractivity contribution in [1.82, 2.24) is 0 Å². The third-order valence-corrected chi connectivity index (χ3v) is 4.48. The highest BCUT2D eigenvalue weighted by molar-refractivity contribution is 5.86. The van der Waals surface area contributed by atoms with Crippen molar-refractivity contribution in [2.75, 3.05) is 7.11 Å². The van der Waals surface area contributed by atoms with Crippen molar-refractivity contribution in [3.63, 3.8) is 0 Å². The zero-order valence-electron chi connectivity index (χ0n) is 10.4. The molecule has 4 aliphatic rings. The fourth-order valence-electron chi connectivity index (χ4n) is 3.52. The van der Waals surface area contributed by atoms with Crippen LogP contribution in [-0.4, -0.2) is 18.9 Å². The molecule has 0 aromatic rings. The van der Waals surface area contributed by atoms with Crippen LogP contribution in [0.15, 0.2) is 23.3 Å². The van der Waals surface area contributed by atoms with Gasteiger partial charge in [-0.05, 0) is 38.5 Å². The van der Waals surface area contributed by atoms with Gasteiger partial charge in [-0.2, -0.15) is 0 Å². The molecule has 0 amide bonds. The number of fused-ring (bicyclic) bond motifs is 2. The maximum absolute atomic E-state index is 11.6. The highest BCUT2D eigenvalue weighted by Gasteiger charge is 2.51. The number of hydrogen-bond donors (Lipinski definition) is 0. The van der Waals surface area contributed by atoms with Gasteiger partial charge >= 0.3 is 5.97 Å². The van der Waals surface area contributed by atoms with Gasteiger partial charge in [0.1, 0.15) is 0 Å². The molecule has 17 heavy (non-hydrogen) atoms. The second-order valence-corrected chi connectivity index (χ2v) is 5.29. The standard InChI is InChI=1S/C14H18O3/c1-9-7-11-5-3-10(9)4-6-12-8-13(15)17-14(11,12)16-2/h7-8,10-11H,3-6H2,1-2H3/t10-,11-,14-/m1/s1. The van der Waals surface area contributed by atoms with Gasteiger partial charge in [-0.25, -0.2) is 4.79 Å². The molecule has 92 valence electrons. The smallest absolute Gasteiger partial charge is 0.333 e. The highest BCUT2D eigenvalue weighted by atomic mass is 16.7. The lowest BCUT2D eigenvalue weighted by Crippen LogP contribution is -2.44. The summed E-state index contributed by atoms with van der Waals surface area (Å²) in [6.45, 7) is 2.19. The zero-order valence-corrected chi connectivity index (χ0v) is 10.4. The molecule has 3 heteroatoms. The Labute approximate surface area is 101 Å². The van der Waals surface area contributed by atoms with E-state index in [1.54, 1.807) is 13.2 Å². The van der Waals surface area contributed by atoms with E-state index in [9.17, 15) is 4.79 Å². The Morgan fingerprint density at radius 2 is 2.24 bits per heavy atom. The molecule has 3 atom stereocenters. The molecule has 3 nitrogen and oxygen atoms in total. The second kappa shape index (κ2) is 3.70. The fraction of sp³-hybridized carbons (Fsp3) is 0.643. The molecule has 1 fully saturated rings. The fourth-order valence-corrected chi connectivity index (χ4v) is 3.52. The van der Waals surface area contributed by atoms with Crippen LogP contribution in [-0.2, 0) is 14.3 Å². The first-order chi connectivity index (χ1) is 8.15. The third-order valence-electron chi connectivity index (χ3n) is 4.48. The van der Waals surface area contributed by atoms with Gasteiger partial charge in [0.25, 0.3) is 0 Å². The SMILES string of the molecule is CO[C@]12OC(=O)C=C1CC[C@H]1CC[C@@H]2C=C1C. The maximum atomic E-state index is 11.6. The number of carbonyl (C=O) groups excluding carboxylic acids is 1. The molecule has 0 saturated heterocycles. The lowest BCUT2D eigenvalue weighted by atomic mass is 9.71. The zero-order chi connectivity index (χ0) is 12.0. The van der Waals surface area contributed by atoms with Crippen LogP contribution in [0.4, 0.5) is 0 Å². The number of allylic oxidation sites excluding steroid dienone is 1. The van der Waals surface area contributed by atoms with Gasteiger partial charge in [-0.1, -0.05) is 11.6 Å². The number of methoxy groups -OCH3 is 1. The predicted octanol–water partition coefficient (Wildman–Crippen LogP) is 2.58. The Balaban J connectivity index is 2.08. The summed E-state index contributed by atoms with van der Waals surface area (Å²) in [7, 11) is 1.64. The Kier molecular flexibility index (Phi) is 2.40. The van der Waals surface area contributed by atoms with E-state index >= 15 is 0 Å². The van der Waals surface area contributed by atoms with E-state index in [4.69, 9.17) is 9.47 Å². The van der Waals surface area contributed by atoms with Crippen LogP contribution in [0.2, 0.25) is 0 Å². The van der Waals surface area contributed by atoms with Crippen LogP contribution in [0.3, 0.4) is 0 Å². The van der Waals surface area contributed by atoms with Gasteiger partial charge in [-0.15, -0.1) is 0 Å². The summed E-state index contributed by atoms with van der Waals surface area (Å²) < 4.78 is 11.1. The Bertz CT molecular complexity index is 421. The summed E-state index contributed by atoms with van der Waals surface area (Å²) in [6.07, 6.45) is 8.12. The Morgan fingerprint density at radius 3 is 2.94 bits per heavy atom. The number of hydrogen-bond acceptors (Lipinski definition) is 3. The van der Waals surface area contributed by atoms with Gasteiger partial charge < -0.3 is 9.47 Å². The first kappa shape index (κ1) is 11.0. The maximum Gasteiger partial charge on any atom is 0.333 e. The van der Waals surface area contributed by atoms with Crippen LogP contribution in [0.25, 0.3) is 0 Å². The topological polar surface area (TPSA) is 35.5 Å². The largest absolute Gasteiger partial charge is 0.425 e. The van der Waals surface area contributed by atoms with E-state index in [1.165, 1.54) is 12.0 Å². The van der Waals surface area contributed by atoms with Crippen molar-refractivity contribution >= 4 is 5.97 Å². The van der Waals surface area contributed by atoms with Crippen LogP contribution in [0, 0.1) is 11.8 Å². The number of ether oxygens (including phenoxy) is 2. The van der Waals surface area contributed by atoms with Crippen molar-refractivity contribution in [3.05, 3.63) is 23.3 Å². The summed E-state index contributed by atoms with van der Waals surface area (Å²) >= 11 is 0. The second-order valence-electron chi connectivity index (χ2n) is 5.29. The molecule has 0 aromatic heterocycles. The van der Waals surface area contributed by atoms with Crippen LogP contribution >= 0.6 is 0 Å². The molecule has 0 radical (unpaired) electrons. The van der Waals surface area contributed by atoms with E-state index in [1.807, 2.05) is 0 Å². The van der Waals surface area contributed by atoms with Gasteiger partial charge in [-0.3, -0.25) is 0 Å². The summed E-state index contributed by atoms with van der Waals surface area (Å²) in [6, 6.07) is 0. The molecule has 1 aliphatic heterocycles. The Morgan fingerprint density at radius 1 is 1.41 bits per heavy atom. The highest BCUT2D eigenvalue weighted by Crippen LogP contribution is 2.48. The first-order valence-corrected chi connectivity index (χ1v) is 6.33. The van der Waals surface area contributed by atoms with E-state index in [0.29, 0.717) is 5.92 Å². The molecular weight excluding hydrogens is 216 g/mol. The van der Waals surface area contributed by atoms with Gasteiger partial charge in [0.2, 0.25) is 5.79 Å². The molecule has 3 aliphatic carbocycles. The predicted molar refractivity (Wildman–Crippen MR) is 63.1 cm³/mol. The minimum atomic E-state index is -0.802. The molecule has 2 bridgehead atoms. The molecule has 1 heterocycles. The average Bonchev–Trinajstić information content (AvgIpc) is 2.62. The van der Waals surface area contributed by atoms with E-state index in [2.05, 4.69) is 13.0 Å². The van der Waals surface area contributed by atoms with Gasteiger partial charge in [0.15, 0.2) is 0 Å². The van der Waals surface area contributed by atoms with E-state index in [0.717, 1.165) is 24.8 Å². The molecular formula is C14H18O3. The molecule has 0 spiro atoms. The van der Waals surface area contributed by atoms with Gasteiger partial charge in [0.05, 0.1) is 0 Å². The molecule has 4 rings (SSSR count). The lowest BCUT2D eigenvalue weighted by molar-refractivity contribution is -0.210. The molecule has 1 saturated carbocycles. The number of carbonyl (C=O) groups is 1. The molecule has 0 aromatic carbocycles. The number of rotatable bonds is 1. The van der Waals surface area contributed by atoms with Crippen molar-refractivity contribution < 1.29 is 14.3 Å². The quantitative estimate of drug-likeness (QED) is 0.516. The number of esters is 1. The van der Waals surface area contributed by atoms with E-state index < -0.39 is 5.79 Å². The van der Waals surface area contributed by atoms with Crippen LogP contribution < -0.4 is 0 Å². The van der Waals surface area contributed by atoms with Crippen LogP contribution in [0.1, 0.15) is 32.6 Å². The van der Waals surface area contributed by atoms with E-state index in [-0.39, 0.29) is 11.9 Å². The van der Waals surface area contributed by atoms with Crippen LogP contribution in [0.5, 0.6) is 0 Å². The van der Waals surface area contributed by atoms with Crippen molar-refractivity contribution in [3.8, 4) is 0 Å². The molecule has 0 unspecified atom stereocenters. The lowest BCUT2D eigenvalue weighted by Gasteiger charge is -2.42. The summed E-state index contributed by atoms with van der Waals surface area (Å²) in [4.78, 5) is 11.6. The van der Waals surface area contributed by atoms with Crippen molar-refractivity contribution in [1.29, 1.82) is 0 Å². The third kappa shape index (κ3) is 1.48.